The third-order valence-electron chi connectivity index (χ3n) is 3.24. The van der Waals surface area contributed by atoms with Crippen molar-refractivity contribution in [3.63, 3.8) is 0 Å². The Kier molecular flexibility index (Phi) is 4.12. The van der Waals surface area contributed by atoms with Gasteiger partial charge in [0.1, 0.15) is 0 Å². The highest BCUT2D eigenvalue weighted by molar-refractivity contribution is 9.10. The molecule has 0 bridgehead atoms. The number of benzene rings is 2. The van der Waals surface area contributed by atoms with Crippen molar-refractivity contribution < 1.29 is 0 Å². The van der Waals surface area contributed by atoms with Crippen LogP contribution >= 0.6 is 15.9 Å². The van der Waals surface area contributed by atoms with Gasteiger partial charge in [-0.15, -0.1) is 5.10 Å². The highest BCUT2D eigenvalue weighted by Crippen LogP contribution is 2.12. The molecule has 0 fully saturated rings. The molecule has 3 rings (SSSR count). The molecule has 0 saturated carbocycles. The molecular weight excluding hydrogens is 358 g/mol. The van der Waals surface area contributed by atoms with E-state index in [4.69, 9.17) is 5.73 Å². The summed E-state index contributed by atoms with van der Waals surface area (Å²) < 4.78 is 3.52. The maximum atomic E-state index is 12.5. The van der Waals surface area contributed by atoms with Crippen LogP contribution in [-0.2, 0) is 0 Å². The lowest BCUT2D eigenvalue weighted by molar-refractivity contribution is 0.778. The maximum absolute atomic E-state index is 12.5. The van der Waals surface area contributed by atoms with Crippen LogP contribution in [0.15, 0.2) is 62.9 Å². The predicted octanol–water partition coefficient (Wildman–Crippen LogP) is 2.57. The van der Waals surface area contributed by atoms with Crippen molar-refractivity contribution in [1.82, 2.24) is 14.5 Å². The predicted molar refractivity (Wildman–Crippen MR) is 94.1 cm³/mol. The monoisotopic (exact) mass is 371 g/mol. The zero-order chi connectivity index (χ0) is 16.4. The molecule has 6 nitrogen and oxygen atoms in total. The number of aryl methyl sites for hydroxylation is 1. The Morgan fingerprint density at radius 2 is 1.78 bits per heavy atom. The Morgan fingerprint density at radius 3 is 2.43 bits per heavy atom. The Hall–Kier alpha value is -2.67. The van der Waals surface area contributed by atoms with E-state index in [2.05, 4.69) is 26.1 Å². The van der Waals surface area contributed by atoms with E-state index in [0.29, 0.717) is 17.2 Å². The average Bonchev–Trinajstić information content (AvgIpc) is 2.82. The highest BCUT2D eigenvalue weighted by atomic mass is 79.9. The highest BCUT2D eigenvalue weighted by Gasteiger charge is 2.10. The summed E-state index contributed by atoms with van der Waals surface area (Å²) in [5.74, 6) is 0.504. The van der Waals surface area contributed by atoms with Crippen molar-refractivity contribution in [2.24, 2.45) is 5.10 Å². The molecule has 1 heterocycles. The second kappa shape index (κ2) is 6.21. The van der Waals surface area contributed by atoms with Crippen LogP contribution in [0.3, 0.4) is 0 Å². The van der Waals surface area contributed by atoms with Gasteiger partial charge in [-0.2, -0.15) is 14.5 Å². The van der Waals surface area contributed by atoms with Gasteiger partial charge in [-0.3, -0.25) is 0 Å². The minimum atomic E-state index is -0.323. The molecule has 1 aromatic heterocycles. The van der Waals surface area contributed by atoms with E-state index in [0.717, 1.165) is 10.0 Å². The summed E-state index contributed by atoms with van der Waals surface area (Å²) >= 11 is 3.37. The molecule has 0 aliphatic heterocycles. The summed E-state index contributed by atoms with van der Waals surface area (Å²) in [5.41, 5.74) is 7.53. The van der Waals surface area contributed by atoms with E-state index in [1.807, 2.05) is 36.4 Å². The molecule has 0 radical (unpaired) electrons. The van der Waals surface area contributed by atoms with E-state index >= 15 is 0 Å². The van der Waals surface area contributed by atoms with Gasteiger partial charge in [0.2, 0.25) is 0 Å². The number of nitrogen functional groups attached to an aromatic ring is 1. The van der Waals surface area contributed by atoms with Gasteiger partial charge >= 0.3 is 5.69 Å². The molecule has 0 saturated heterocycles. The zero-order valence-electron chi connectivity index (χ0n) is 12.3. The SMILES string of the molecule is Cc1nn(-c2ccc(Br)cc2)c(=O)n1/N=C/c1ccc(N)cc1. The van der Waals surface area contributed by atoms with Gasteiger partial charge in [-0.25, -0.2) is 4.79 Å². The summed E-state index contributed by atoms with van der Waals surface area (Å²) in [7, 11) is 0. The molecule has 2 aromatic carbocycles. The fourth-order valence-electron chi connectivity index (χ4n) is 2.05. The molecule has 2 N–H and O–H groups in total. The molecule has 116 valence electrons. The van der Waals surface area contributed by atoms with Crippen LogP contribution in [0, 0.1) is 6.92 Å². The third-order valence-corrected chi connectivity index (χ3v) is 3.77. The first-order valence-electron chi connectivity index (χ1n) is 6.89. The van der Waals surface area contributed by atoms with Gasteiger partial charge in [0, 0.05) is 10.2 Å². The van der Waals surface area contributed by atoms with Crippen LogP contribution in [0.5, 0.6) is 0 Å². The van der Waals surface area contributed by atoms with Gasteiger partial charge in [0.15, 0.2) is 5.82 Å². The standard InChI is InChI=1S/C16H14BrN5O/c1-11-20-22(15-8-4-13(17)5-9-15)16(23)21(11)19-10-12-2-6-14(18)7-3-12/h2-10H,18H2,1H3/b19-10+. The lowest BCUT2D eigenvalue weighted by atomic mass is 10.2. The molecule has 0 spiro atoms. The van der Waals surface area contributed by atoms with Crippen LogP contribution in [0.4, 0.5) is 5.69 Å². The van der Waals surface area contributed by atoms with Crippen molar-refractivity contribution in [3.05, 3.63) is 74.9 Å². The van der Waals surface area contributed by atoms with Gasteiger partial charge in [-0.1, -0.05) is 28.1 Å². The van der Waals surface area contributed by atoms with Crippen LogP contribution in [0.25, 0.3) is 5.69 Å². The molecule has 0 aliphatic carbocycles. The van der Waals surface area contributed by atoms with Crippen LogP contribution < -0.4 is 11.4 Å². The average molecular weight is 372 g/mol. The molecule has 0 atom stereocenters. The van der Waals surface area contributed by atoms with Crippen molar-refractivity contribution in [3.8, 4) is 5.69 Å². The summed E-state index contributed by atoms with van der Waals surface area (Å²) in [5, 5.41) is 8.47. The molecule has 0 aliphatic rings. The van der Waals surface area contributed by atoms with E-state index in [-0.39, 0.29) is 5.69 Å². The molecule has 0 unspecified atom stereocenters. The second-order valence-corrected chi connectivity index (χ2v) is 5.86. The van der Waals surface area contributed by atoms with Crippen molar-refractivity contribution in [2.75, 3.05) is 5.73 Å². The number of aromatic nitrogens is 3. The number of hydrogen-bond donors (Lipinski definition) is 1. The summed E-state index contributed by atoms with van der Waals surface area (Å²) in [6.07, 6.45) is 1.60. The van der Waals surface area contributed by atoms with Gasteiger partial charge < -0.3 is 5.73 Å². The number of halogens is 1. The summed E-state index contributed by atoms with van der Waals surface area (Å²) in [6.45, 7) is 1.73. The fourth-order valence-corrected chi connectivity index (χ4v) is 2.31. The van der Waals surface area contributed by atoms with Crippen molar-refractivity contribution >= 4 is 27.8 Å². The van der Waals surface area contributed by atoms with Crippen LogP contribution in [0.1, 0.15) is 11.4 Å². The topological polar surface area (TPSA) is 78.2 Å². The minimum absolute atomic E-state index is 0.323. The van der Waals surface area contributed by atoms with Crippen LogP contribution in [0.2, 0.25) is 0 Å². The Bertz CT molecular complexity index is 907. The van der Waals surface area contributed by atoms with Gasteiger partial charge in [-0.05, 0) is 48.9 Å². The quantitative estimate of drug-likeness (QED) is 0.567. The first-order chi connectivity index (χ1) is 11.0. The lowest BCUT2D eigenvalue weighted by Gasteiger charge is -1.98. The van der Waals surface area contributed by atoms with E-state index in [1.165, 1.54) is 9.36 Å². The molecule has 3 aromatic rings. The number of anilines is 1. The van der Waals surface area contributed by atoms with E-state index in [1.54, 1.807) is 25.3 Å². The number of nitrogens with two attached hydrogens (primary N) is 1. The van der Waals surface area contributed by atoms with Crippen molar-refractivity contribution in [1.29, 1.82) is 0 Å². The van der Waals surface area contributed by atoms with Gasteiger partial charge in [0.05, 0.1) is 11.9 Å². The summed E-state index contributed by atoms with van der Waals surface area (Å²) in [6, 6.07) is 14.6. The minimum Gasteiger partial charge on any atom is -0.399 e. The molecule has 0 amide bonds. The van der Waals surface area contributed by atoms with E-state index < -0.39 is 0 Å². The van der Waals surface area contributed by atoms with Crippen LogP contribution in [-0.4, -0.2) is 20.7 Å². The largest absolute Gasteiger partial charge is 0.399 e. The molecule has 7 heteroatoms. The Labute approximate surface area is 141 Å². The summed E-state index contributed by atoms with van der Waals surface area (Å²) in [4.78, 5) is 12.5. The Morgan fingerprint density at radius 1 is 1.13 bits per heavy atom. The van der Waals surface area contributed by atoms with E-state index in [9.17, 15) is 4.79 Å². The Balaban J connectivity index is 1.96. The number of rotatable bonds is 3. The lowest BCUT2D eigenvalue weighted by Crippen LogP contribution is -2.21. The third kappa shape index (κ3) is 3.24. The maximum Gasteiger partial charge on any atom is 0.371 e. The molecular formula is C16H14BrN5O. The number of hydrogen-bond acceptors (Lipinski definition) is 4. The first-order valence-corrected chi connectivity index (χ1v) is 7.68. The smallest absolute Gasteiger partial charge is 0.371 e. The fraction of sp³-hybridized carbons (Fsp3) is 0.0625. The van der Waals surface area contributed by atoms with Crippen molar-refractivity contribution in [2.45, 2.75) is 6.92 Å². The second-order valence-electron chi connectivity index (χ2n) is 4.94. The zero-order valence-corrected chi connectivity index (χ0v) is 13.9. The molecule has 23 heavy (non-hydrogen) atoms. The number of nitrogens with zero attached hydrogens (tertiary/aromatic N) is 4. The van der Waals surface area contributed by atoms with Gasteiger partial charge in [0.25, 0.3) is 0 Å². The normalized spacial score (nSPS) is 11.2. The first kappa shape index (κ1) is 15.2.